The summed E-state index contributed by atoms with van der Waals surface area (Å²) in [5.74, 6) is -3.72. The van der Waals surface area contributed by atoms with Gasteiger partial charge in [-0.2, -0.15) is 10.4 Å². The van der Waals surface area contributed by atoms with Crippen LogP contribution in [0.15, 0.2) is 41.5 Å². The fourth-order valence-corrected chi connectivity index (χ4v) is 2.47. The molecule has 1 heterocycles. The molecule has 0 bridgehead atoms. The number of nitriles is 1. The summed E-state index contributed by atoms with van der Waals surface area (Å²) in [6, 6.07) is 7.75. The third-order valence-electron chi connectivity index (χ3n) is 4.11. The van der Waals surface area contributed by atoms with Crippen molar-refractivity contribution in [3.8, 4) is 6.07 Å². The van der Waals surface area contributed by atoms with E-state index >= 15 is 0 Å². The first-order valence-corrected chi connectivity index (χ1v) is 8.24. The number of hydrazone groups is 1. The van der Waals surface area contributed by atoms with Crippen molar-refractivity contribution in [1.82, 2.24) is 14.8 Å². The third kappa shape index (κ3) is 4.12. The Labute approximate surface area is 162 Å². The number of likely N-dealkylation sites (N-methyl/N-ethyl adjacent to an activating group) is 1. The molecular weight excluding hydrogens is 362 g/mol. The first kappa shape index (κ1) is 20.5. The van der Waals surface area contributed by atoms with Crippen molar-refractivity contribution in [3.05, 3.63) is 47.5 Å². The number of hydrogen-bond acceptors (Lipinski definition) is 6. The van der Waals surface area contributed by atoms with Crippen molar-refractivity contribution in [3.63, 3.8) is 0 Å². The molecule has 1 aromatic carbocycles. The summed E-state index contributed by atoms with van der Waals surface area (Å²) in [7, 11) is 4.29. The highest BCUT2D eigenvalue weighted by molar-refractivity contribution is 6.42. The fraction of sp³-hybridized carbons (Fsp3) is 0.263. The van der Waals surface area contributed by atoms with Crippen LogP contribution in [0.3, 0.4) is 0 Å². The van der Waals surface area contributed by atoms with Gasteiger partial charge in [-0.1, -0.05) is 18.7 Å². The minimum absolute atomic E-state index is 0.0908. The number of amides is 4. The normalized spacial score (nSPS) is 15.8. The van der Waals surface area contributed by atoms with Gasteiger partial charge in [0, 0.05) is 32.9 Å². The van der Waals surface area contributed by atoms with Crippen LogP contribution in [0.5, 0.6) is 0 Å². The Balaban J connectivity index is 2.30. The maximum absolute atomic E-state index is 12.9. The molecule has 1 unspecified atom stereocenters. The molecule has 1 aromatic rings. The Morgan fingerprint density at radius 3 is 2.39 bits per heavy atom. The van der Waals surface area contributed by atoms with Crippen molar-refractivity contribution < 1.29 is 19.2 Å². The van der Waals surface area contributed by atoms with Gasteiger partial charge in [-0.3, -0.25) is 19.3 Å². The number of urea groups is 1. The predicted molar refractivity (Wildman–Crippen MR) is 99.7 cm³/mol. The molecule has 4 amide bonds. The molecule has 0 saturated heterocycles. The number of carbonyl (C=O) groups excluding carboxylic acids is 4. The summed E-state index contributed by atoms with van der Waals surface area (Å²) in [6.45, 7) is 3.54. The van der Waals surface area contributed by atoms with Crippen LogP contribution in [0.4, 0.5) is 4.79 Å². The number of imide groups is 1. The molecule has 2 rings (SSSR count). The average molecular weight is 381 g/mol. The number of ketones is 1. The summed E-state index contributed by atoms with van der Waals surface area (Å²) in [5, 5.41) is 13.5. The van der Waals surface area contributed by atoms with E-state index < -0.39 is 29.5 Å². The standard InChI is InChI=1S/C19H19N5O4/c1-12(15-10-21-23(4)18(27)16(15)25)17(26)24(19(28)22(2)3)11-14-7-5-13(9-20)6-8-14/h5-8,10,15H,1,11H2,2-4H3. The molecule has 0 saturated carbocycles. The highest BCUT2D eigenvalue weighted by atomic mass is 16.2. The first-order valence-electron chi connectivity index (χ1n) is 8.24. The molecule has 0 fully saturated rings. The third-order valence-corrected chi connectivity index (χ3v) is 4.11. The maximum atomic E-state index is 12.9. The SMILES string of the molecule is C=C(C(=O)N(Cc1ccc(C#N)cc1)C(=O)N(C)C)C1C=NN(C)C(=O)C1=O. The lowest BCUT2D eigenvalue weighted by Gasteiger charge is -2.27. The smallest absolute Gasteiger partial charge is 0.326 e. The highest BCUT2D eigenvalue weighted by Gasteiger charge is 2.37. The molecule has 0 spiro atoms. The topological polar surface area (TPSA) is 114 Å². The van der Waals surface area contributed by atoms with Gasteiger partial charge >= 0.3 is 11.9 Å². The number of benzene rings is 1. The van der Waals surface area contributed by atoms with Gasteiger partial charge in [0.15, 0.2) is 0 Å². The number of hydrogen-bond donors (Lipinski definition) is 0. The molecule has 9 heteroatoms. The lowest BCUT2D eigenvalue weighted by Crippen LogP contribution is -2.47. The summed E-state index contributed by atoms with van der Waals surface area (Å²) < 4.78 is 0. The predicted octanol–water partition coefficient (Wildman–Crippen LogP) is 0.768. The minimum Gasteiger partial charge on any atom is -0.330 e. The Morgan fingerprint density at radius 1 is 1.25 bits per heavy atom. The van der Waals surface area contributed by atoms with Crippen LogP contribution < -0.4 is 0 Å². The van der Waals surface area contributed by atoms with Gasteiger partial charge in [0.1, 0.15) is 0 Å². The van der Waals surface area contributed by atoms with Crippen molar-refractivity contribution in [1.29, 1.82) is 5.26 Å². The van der Waals surface area contributed by atoms with Gasteiger partial charge in [-0.15, -0.1) is 0 Å². The highest BCUT2D eigenvalue weighted by Crippen LogP contribution is 2.19. The molecular formula is C19H19N5O4. The zero-order valence-electron chi connectivity index (χ0n) is 15.7. The number of nitrogens with zero attached hydrogens (tertiary/aromatic N) is 5. The summed E-state index contributed by atoms with van der Waals surface area (Å²) in [4.78, 5) is 51.6. The van der Waals surface area contributed by atoms with Crippen molar-refractivity contribution in [2.45, 2.75) is 6.54 Å². The van der Waals surface area contributed by atoms with Crippen molar-refractivity contribution in [2.75, 3.05) is 21.1 Å². The quantitative estimate of drug-likeness (QED) is 0.564. The van der Waals surface area contributed by atoms with E-state index in [0.717, 1.165) is 16.1 Å². The van der Waals surface area contributed by atoms with Crippen molar-refractivity contribution in [2.24, 2.45) is 11.0 Å². The zero-order valence-corrected chi connectivity index (χ0v) is 15.7. The van der Waals surface area contributed by atoms with E-state index in [1.54, 1.807) is 24.3 Å². The number of carbonyl (C=O) groups is 4. The molecule has 144 valence electrons. The van der Waals surface area contributed by atoms with Gasteiger partial charge in [0.05, 0.1) is 24.1 Å². The number of Topliss-reactive ketones (excluding diaryl/α,β-unsaturated/α-hetero) is 1. The zero-order chi connectivity index (χ0) is 21.0. The van der Waals surface area contributed by atoms with E-state index in [1.807, 2.05) is 6.07 Å². The van der Waals surface area contributed by atoms with E-state index in [0.29, 0.717) is 11.1 Å². The van der Waals surface area contributed by atoms with Crippen LogP contribution in [0.2, 0.25) is 0 Å². The van der Waals surface area contributed by atoms with E-state index in [-0.39, 0.29) is 12.1 Å². The van der Waals surface area contributed by atoms with Crippen LogP contribution in [0.1, 0.15) is 11.1 Å². The van der Waals surface area contributed by atoms with Crippen LogP contribution in [0.25, 0.3) is 0 Å². The van der Waals surface area contributed by atoms with Crippen LogP contribution in [-0.4, -0.2) is 65.8 Å². The Bertz CT molecular complexity index is 911. The second kappa shape index (κ2) is 8.26. The summed E-state index contributed by atoms with van der Waals surface area (Å²) in [5.41, 5.74) is 0.825. The van der Waals surface area contributed by atoms with E-state index in [2.05, 4.69) is 11.7 Å². The molecule has 1 atom stereocenters. The largest absolute Gasteiger partial charge is 0.330 e. The van der Waals surface area contributed by atoms with Gasteiger partial charge < -0.3 is 4.90 Å². The second-order valence-corrected chi connectivity index (χ2v) is 6.34. The molecule has 0 N–H and O–H groups in total. The lowest BCUT2D eigenvalue weighted by molar-refractivity contribution is -0.145. The van der Waals surface area contributed by atoms with Gasteiger partial charge in [0.2, 0.25) is 5.78 Å². The molecule has 28 heavy (non-hydrogen) atoms. The summed E-state index contributed by atoms with van der Waals surface area (Å²) >= 11 is 0. The Hall–Kier alpha value is -3.80. The van der Waals surface area contributed by atoms with Crippen LogP contribution >= 0.6 is 0 Å². The fourth-order valence-electron chi connectivity index (χ4n) is 2.47. The maximum Gasteiger partial charge on any atom is 0.326 e. The monoisotopic (exact) mass is 381 g/mol. The molecule has 0 aliphatic carbocycles. The van der Waals surface area contributed by atoms with E-state index in [9.17, 15) is 19.2 Å². The summed E-state index contributed by atoms with van der Waals surface area (Å²) in [6.07, 6.45) is 1.16. The molecule has 1 aliphatic rings. The first-order chi connectivity index (χ1) is 13.2. The minimum atomic E-state index is -1.23. The molecule has 1 aliphatic heterocycles. The van der Waals surface area contributed by atoms with Gasteiger partial charge in [-0.25, -0.2) is 9.80 Å². The van der Waals surface area contributed by atoms with Crippen molar-refractivity contribution >= 4 is 29.8 Å². The van der Waals surface area contributed by atoms with Gasteiger partial charge in [0.25, 0.3) is 5.91 Å². The second-order valence-electron chi connectivity index (χ2n) is 6.34. The molecule has 0 aromatic heterocycles. The van der Waals surface area contributed by atoms with Crippen LogP contribution in [0, 0.1) is 17.2 Å². The Morgan fingerprint density at radius 2 is 1.86 bits per heavy atom. The average Bonchev–Trinajstić information content (AvgIpc) is 2.69. The molecule has 9 nitrogen and oxygen atoms in total. The molecule has 0 radical (unpaired) electrons. The van der Waals surface area contributed by atoms with E-state index in [1.165, 1.54) is 26.0 Å². The number of rotatable bonds is 4. The Kier molecular flexibility index (Phi) is 6.05. The van der Waals surface area contributed by atoms with Crippen LogP contribution in [-0.2, 0) is 20.9 Å². The van der Waals surface area contributed by atoms with Gasteiger partial charge in [-0.05, 0) is 17.7 Å². The van der Waals surface area contributed by atoms with E-state index in [4.69, 9.17) is 5.26 Å². The lowest BCUT2D eigenvalue weighted by atomic mass is 9.94.